The van der Waals surface area contributed by atoms with E-state index in [0.29, 0.717) is 6.04 Å². The molecule has 0 amide bonds. The molecule has 1 unspecified atom stereocenters. The lowest BCUT2D eigenvalue weighted by atomic mass is 10.1. The summed E-state index contributed by atoms with van der Waals surface area (Å²) in [6.45, 7) is 12.7. The lowest BCUT2D eigenvalue weighted by Crippen LogP contribution is -2.37. The van der Waals surface area contributed by atoms with E-state index in [-0.39, 0.29) is 0 Å². The maximum Gasteiger partial charge on any atom is 0.0775 e. The van der Waals surface area contributed by atoms with Gasteiger partial charge < -0.3 is 5.32 Å². The van der Waals surface area contributed by atoms with Crippen LogP contribution in [-0.2, 0) is 6.54 Å². The van der Waals surface area contributed by atoms with Crippen LogP contribution in [0, 0.1) is 0 Å². The third-order valence-corrected chi connectivity index (χ3v) is 5.26. The highest BCUT2D eigenvalue weighted by atomic mass is 28.3. The van der Waals surface area contributed by atoms with Crippen molar-refractivity contribution in [1.82, 2.24) is 5.32 Å². The van der Waals surface area contributed by atoms with E-state index in [0.717, 1.165) is 6.54 Å². The minimum Gasteiger partial charge on any atom is -0.310 e. The van der Waals surface area contributed by atoms with Crippen LogP contribution in [0.25, 0.3) is 0 Å². The Balaban J connectivity index is 2.51. The molecule has 0 fully saturated rings. The van der Waals surface area contributed by atoms with Crippen molar-refractivity contribution in [2.75, 3.05) is 0 Å². The third kappa shape index (κ3) is 5.05. The lowest BCUT2D eigenvalue weighted by molar-refractivity contribution is 0.508. The zero-order valence-corrected chi connectivity index (χ0v) is 13.0. The topological polar surface area (TPSA) is 12.0 Å². The van der Waals surface area contributed by atoms with E-state index in [4.69, 9.17) is 0 Å². The van der Waals surface area contributed by atoms with Gasteiger partial charge in [-0.05, 0) is 18.9 Å². The van der Waals surface area contributed by atoms with Crippen molar-refractivity contribution in [2.24, 2.45) is 0 Å². The van der Waals surface area contributed by atoms with Crippen molar-refractivity contribution in [2.45, 2.75) is 58.9 Å². The van der Waals surface area contributed by atoms with Gasteiger partial charge in [0.1, 0.15) is 0 Å². The Morgan fingerprint density at radius 2 is 1.71 bits per heavy atom. The molecule has 0 bridgehead atoms. The second-order valence-corrected chi connectivity index (χ2v) is 11.1. The van der Waals surface area contributed by atoms with Crippen molar-refractivity contribution in [3.63, 3.8) is 0 Å². The van der Waals surface area contributed by atoms with Gasteiger partial charge in [0.25, 0.3) is 0 Å². The van der Waals surface area contributed by atoms with E-state index in [1.54, 1.807) is 5.19 Å². The van der Waals surface area contributed by atoms with Crippen LogP contribution in [0.4, 0.5) is 0 Å². The van der Waals surface area contributed by atoms with Gasteiger partial charge in [-0.25, -0.2) is 0 Å². The summed E-state index contributed by atoms with van der Waals surface area (Å²) in [5, 5.41) is 5.11. The molecule has 0 aliphatic heterocycles. The summed E-state index contributed by atoms with van der Waals surface area (Å²) in [6, 6.07) is 9.80. The van der Waals surface area contributed by atoms with Crippen molar-refractivity contribution in [1.29, 1.82) is 0 Å². The van der Waals surface area contributed by atoms with Crippen LogP contribution in [0.2, 0.25) is 19.6 Å². The van der Waals surface area contributed by atoms with Crippen LogP contribution in [0.15, 0.2) is 24.3 Å². The molecule has 96 valence electrons. The largest absolute Gasteiger partial charge is 0.310 e. The van der Waals surface area contributed by atoms with Gasteiger partial charge in [0.05, 0.1) is 8.07 Å². The molecule has 0 aromatic heterocycles. The van der Waals surface area contributed by atoms with Gasteiger partial charge in [0.2, 0.25) is 0 Å². The predicted molar refractivity (Wildman–Crippen MR) is 80.6 cm³/mol. The summed E-state index contributed by atoms with van der Waals surface area (Å²) in [7, 11) is -1.13. The van der Waals surface area contributed by atoms with Crippen LogP contribution in [0.5, 0.6) is 0 Å². The van der Waals surface area contributed by atoms with Gasteiger partial charge in [0, 0.05) is 12.6 Å². The van der Waals surface area contributed by atoms with Crippen LogP contribution >= 0.6 is 0 Å². The highest BCUT2D eigenvalue weighted by molar-refractivity contribution is 6.88. The van der Waals surface area contributed by atoms with Gasteiger partial charge in [-0.3, -0.25) is 0 Å². The molecule has 0 saturated heterocycles. The summed E-state index contributed by atoms with van der Waals surface area (Å²) in [6.07, 6.45) is 2.51. The fourth-order valence-electron chi connectivity index (χ4n) is 1.95. The molecule has 0 aliphatic carbocycles. The first-order valence-electron chi connectivity index (χ1n) is 6.76. The van der Waals surface area contributed by atoms with Crippen LogP contribution < -0.4 is 10.5 Å². The van der Waals surface area contributed by atoms with Gasteiger partial charge in [0.15, 0.2) is 0 Å². The number of benzene rings is 1. The van der Waals surface area contributed by atoms with E-state index in [2.05, 4.69) is 63.1 Å². The smallest absolute Gasteiger partial charge is 0.0775 e. The Morgan fingerprint density at radius 1 is 1.12 bits per heavy atom. The standard InChI is InChI=1S/C15H27NSi/c1-6-7-13(2)16-12-14-8-10-15(11-9-14)17(3,4)5/h8-11,13,16H,6-7,12H2,1-5H3. The molecule has 17 heavy (non-hydrogen) atoms. The highest BCUT2D eigenvalue weighted by Crippen LogP contribution is 2.05. The minimum absolute atomic E-state index is 0.622. The molecule has 2 heteroatoms. The summed E-state index contributed by atoms with van der Waals surface area (Å²) in [5.41, 5.74) is 1.40. The summed E-state index contributed by atoms with van der Waals surface area (Å²) in [4.78, 5) is 0. The molecule has 1 nitrogen and oxygen atoms in total. The predicted octanol–water partition coefficient (Wildman–Crippen LogP) is 3.51. The molecule has 0 saturated carbocycles. The van der Waals surface area contributed by atoms with Crippen LogP contribution in [-0.4, -0.2) is 14.1 Å². The minimum atomic E-state index is -1.13. The van der Waals surface area contributed by atoms with E-state index in [9.17, 15) is 0 Å². The van der Waals surface area contributed by atoms with Crippen molar-refractivity contribution < 1.29 is 0 Å². The maximum absolute atomic E-state index is 3.57. The molecular formula is C15H27NSi. The summed E-state index contributed by atoms with van der Waals surface area (Å²) < 4.78 is 0. The molecule has 1 atom stereocenters. The normalized spacial score (nSPS) is 13.7. The number of nitrogens with one attached hydrogen (secondary N) is 1. The maximum atomic E-state index is 3.57. The Bertz CT molecular complexity index is 324. The first-order chi connectivity index (χ1) is 7.93. The Hall–Kier alpha value is -0.603. The Labute approximate surface area is 108 Å². The lowest BCUT2D eigenvalue weighted by Gasteiger charge is -2.17. The molecule has 1 aromatic carbocycles. The molecule has 1 rings (SSSR count). The number of hydrogen-bond acceptors (Lipinski definition) is 1. The molecule has 1 aromatic rings. The van der Waals surface area contributed by atoms with Crippen molar-refractivity contribution in [3.05, 3.63) is 29.8 Å². The van der Waals surface area contributed by atoms with Crippen molar-refractivity contribution >= 4 is 13.3 Å². The molecule has 0 heterocycles. The van der Waals surface area contributed by atoms with E-state index in [1.807, 2.05) is 0 Å². The van der Waals surface area contributed by atoms with E-state index in [1.165, 1.54) is 18.4 Å². The van der Waals surface area contributed by atoms with Crippen molar-refractivity contribution in [3.8, 4) is 0 Å². The highest BCUT2D eigenvalue weighted by Gasteiger charge is 2.15. The van der Waals surface area contributed by atoms with E-state index >= 15 is 0 Å². The van der Waals surface area contributed by atoms with E-state index < -0.39 is 8.07 Å². The Morgan fingerprint density at radius 3 is 2.18 bits per heavy atom. The molecule has 0 aliphatic rings. The fourth-order valence-corrected chi connectivity index (χ4v) is 3.12. The average Bonchev–Trinajstić information content (AvgIpc) is 2.26. The van der Waals surface area contributed by atoms with Crippen LogP contribution in [0.3, 0.4) is 0 Å². The monoisotopic (exact) mass is 249 g/mol. The van der Waals surface area contributed by atoms with Gasteiger partial charge in [-0.2, -0.15) is 0 Å². The second kappa shape index (κ2) is 6.36. The van der Waals surface area contributed by atoms with Crippen LogP contribution in [0.1, 0.15) is 32.3 Å². The number of rotatable bonds is 6. The zero-order chi connectivity index (χ0) is 12.9. The number of hydrogen-bond donors (Lipinski definition) is 1. The quantitative estimate of drug-likeness (QED) is 0.761. The second-order valence-electron chi connectivity index (χ2n) is 6.02. The molecule has 0 radical (unpaired) electrons. The summed E-state index contributed by atoms with van der Waals surface area (Å²) in [5.74, 6) is 0. The van der Waals surface area contributed by atoms with Gasteiger partial charge in [-0.15, -0.1) is 0 Å². The molecular weight excluding hydrogens is 222 g/mol. The summed E-state index contributed by atoms with van der Waals surface area (Å²) >= 11 is 0. The first-order valence-corrected chi connectivity index (χ1v) is 10.3. The average molecular weight is 249 g/mol. The van der Waals surface area contributed by atoms with Gasteiger partial charge >= 0.3 is 0 Å². The SMILES string of the molecule is CCCC(C)NCc1ccc([Si](C)(C)C)cc1. The fraction of sp³-hybridized carbons (Fsp3) is 0.600. The zero-order valence-electron chi connectivity index (χ0n) is 12.0. The first kappa shape index (κ1) is 14.5. The van der Waals surface area contributed by atoms with Gasteiger partial charge in [-0.1, -0.05) is 62.4 Å². The Kier molecular flexibility index (Phi) is 5.41. The third-order valence-electron chi connectivity index (χ3n) is 3.20. The molecule has 1 N–H and O–H groups in total. The molecule has 0 spiro atoms.